The van der Waals surface area contributed by atoms with Crippen molar-refractivity contribution in [3.8, 4) is 0 Å². The molecule has 0 unspecified atom stereocenters. The fraction of sp³-hybridized carbons (Fsp3) is 0.200. The van der Waals surface area contributed by atoms with E-state index in [1.807, 2.05) is 48.7 Å². The summed E-state index contributed by atoms with van der Waals surface area (Å²) >= 11 is 0. The van der Waals surface area contributed by atoms with Crippen molar-refractivity contribution in [2.75, 3.05) is 13.1 Å². The summed E-state index contributed by atoms with van der Waals surface area (Å²) in [7, 11) is 0. The van der Waals surface area contributed by atoms with Gasteiger partial charge in [-0.15, -0.1) is 0 Å². The Kier molecular flexibility index (Phi) is 5.26. The number of benzene rings is 3. The largest absolute Gasteiger partial charge is 0.361 e. The molecule has 2 amide bonds. The highest BCUT2D eigenvalue weighted by Crippen LogP contribution is 2.43. The van der Waals surface area contributed by atoms with Crippen LogP contribution in [0.25, 0.3) is 21.8 Å². The number of carbonyl (C=O) groups is 2. The van der Waals surface area contributed by atoms with Crippen LogP contribution >= 0.6 is 0 Å². The van der Waals surface area contributed by atoms with E-state index >= 15 is 0 Å². The first kappa shape index (κ1) is 23.2. The van der Waals surface area contributed by atoms with E-state index < -0.39 is 17.0 Å². The number of para-hydroxylation sites is 2. The predicted octanol–water partition coefficient (Wildman–Crippen LogP) is 4.49. The van der Waals surface area contributed by atoms with Crippen LogP contribution in [-0.2, 0) is 22.4 Å². The summed E-state index contributed by atoms with van der Waals surface area (Å²) in [5, 5.41) is 13.7. The summed E-state index contributed by atoms with van der Waals surface area (Å²) in [4.78, 5) is 48.9. The SMILES string of the molecule is O=C1[C@@H]2Cc3c([nH]c4ccccc34)[C@H](c3cccc([N+](=O)[O-])c3)N2C(=O)CN1CCc1c[nH]c2ccccc12. The lowest BCUT2D eigenvalue weighted by atomic mass is 9.86. The van der Waals surface area contributed by atoms with Gasteiger partial charge in [0.2, 0.25) is 11.8 Å². The molecule has 0 saturated carbocycles. The highest BCUT2D eigenvalue weighted by atomic mass is 16.6. The van der Waals surface area contributed by atoms with Crippen LogP contribution in [0.3, 0.4) is 0 Å². The number of hydrogen-bond donors (Lipinski definition) is 2. The van der Waals surface area contributed by atoms with E-state index in [0.717, 1.165) is 38.6 Å². The average molecular weight is 520 g/mol. The zero-order chi connectivity index (χ0) is 26.7. The van der Waals surface area contributed by atoms with Gasteiger partial charge in [-0.2, -0.15) is 0 Å². The topological polar surface area (TPSA) is 115 Å². The Morgan fingerprint density at radius 2 is 1.72 bits per heavy atom. The first-order chi connectivity index (χ1) is 19.0. The minimum absolute atomic E-state index is 0.0291. The maximum absolute atomic E-state index is 14.0. The lowest BCUT2D eigenvalue weighted by molar-refractivity contribution is -0.384. The van der Waals surface area contributed by atoms with E-state index in [-0.39, 0.29) is 24.0 Å². The van der Waals surface area contributed by atoms with Crippen molar-refractivity contribution >= 4 is 39.3 Å². The number of amides is 2. The van der Waals surface area contributed by atoms with Crippen molar-refractivity contribution in [2.45, 2.75) is 24.9 Å². The fourth-order valence-electron chi connectivity index (χ4n) is 6.26. The molecule has 39 heavy (non-hydrogen) atoms. The van der Waals surface area contributed by atoms with Gasteiger partial charge in [-0.1, -0.05) is 48.5 Å². The molecule has 9 nitrogen and oxygen atoms in total. The Hall–Kier alpha value is -4.92. The number of nitro groups is 1. The molecule has 1 saturated heterocycles. The van der Waals surface area contributed by atoms with Crippen molar-refractivity contribution in [1.29, 1.82) is 0 Å². The molecule has 9 heteroatoms. The van der Waals surface area contributed by atoms with Crippen LogP contribution in [0.4, 0.5) is 5.69 Å². The number of rotatable bonds is 5. The molecule has 7 rings (SSSR count). The van der Waals surface area contributed by atoms with Crippen LogP contribution in [0, 0.1) is 10.1 Å². The highest BCUT2D eigenvalue weighted by molar-refractivity contribution is 5.97. The van der Waals surface area contributed by atoms with E-state index in [2.05, 4.69) is 16.0 Å². The van der Waals surface area contributed by atoms with Gasteiger partial charge >= 0.3 is 0 Å². The Morgan fingerprint density at radius 3 is 2.54 bits per heavy atom. The van der Waals surface area contributed by atoms with Gasteiger partial charge in [0.25, 0.3) is 5.69 Å². The van der Waals surface area contributed by atoms with Gasteiger partial charge in [-0.25, -0.2) is 0 Å². The third-order valence-corrected chi connectivity index (χ3v) is 8.07. The molecule has 0 spiro atoms. The number of aromatic amines is 2. The lowest BCUT2D eigenvalue weighted by Gasteiger charge is -2.47. The molecule has 194 valence electrons. The second-order valence-electron chi connectivity index (χ2n) is 10.2. The molecular weight excluding hydrogens is 494 g/mol. The molecule has 3 aromatic carbocycles. The average Bonchev–Trinajstić information content (AvgIpc) is 3.54. The summed E-state index contributed by atoms with van der Waals surface area (Å²) in [6.45, 7) is 0.400. The van der Waals surface area contributed by atoms with Gasteiger partial charge in [-0.05, 0) is 35.2 Å². The molecular formula is C30H25N5O4. The van der Waals surface area contributed by atoms with Crippen molar-refractivity contribution in [3.63, 3.8) is 0 Å². The predicted molar refractivity (Wildman–Crippen MR) is 146 cm³/mol. The van der Waals surface area contributed by atoms with Crippen molar-refractivity contribution in [2.24, 2.45) is 0 Å². The third kappa shape index (κ3) is 3.69. The summed E-state index contributed by atoms with van der Waals surface area (Å²) in [6.07, 6.45) is 2.98. The van der Waals surface area contributed by atoms with Gasteiger partial charge in [0.05, 0.1) is 17.5 Å². The van der Waals surface area contributed by atoms with E-state index in [0.29, 0.717) is 24.9 Å². The molecule has 4 heterocycles. The Labute approximate surface area is 223 Å². The number of nitro benzene ring substituents is 1. The number of aromatic nitrogens is 2. The third-order valence-electron chi connectivity index (χ3n) is 8.07. The number of fused-ring (bicyclic) bond motifs is 5. The van der Waals surface area contributed by atoms with Crippen LogP contribution in [0.1, 0.15) is 28.4 Å². The van der Waals surface area contributed by atoms with E-state index in [4.69, 9.17) is 0 Å². The molecule has 5 aromatic rings. The zero-order valence-electron chi connectivity index (χ0n) is 21.0. The first-order valence-corrected chi connectivity index (χ1v) is 13.0. The Balaban J connectivity index is 1.27. The molecule has 2 aromatic heterocycles. The monoisotopic (exact) mass is 519 g/mol. The number of non-ortho nitro benzene ring substituents is 1. The highest BCUT2D eigenvalue weighted by Gasteiger charge is 2.48. The number of H-pyrrole nitrogens is 2. The standard InChI is InChI=1S/C30H25N5O4/c36-27-17-33(13-12-19-16-31-24-10-3-1-8-21(19)24)30(37)26-15-23-22-9-2-4-11-25(22)32-28(23)29(34(26)27)18-6-5-7-20(14-18)35(38)39/h1-11,14,16,26,29,31-32H,12-13,15,17H2/t26-,29-/m0/s1. The van der Waals surface area contributed by atoms with Crippen LogP contribution in [0.5, 0.6) is 0 Å². The quantitative estimate of drug-likeness (QED) is 0.263. The van der Waals surface area contributed by atoms with Crippen molar-refractivity contribution in [3.05, 3.63) is 111 Å². The minimum atomic E-state index is -0.690. The molecule has 0 aliphatic carbocycles. The van der Waals surface area contributed by atoms with Crippen LogP contribution in [0.15, 0.2) is 79.0 Å². The summed E-state index contributed by atoms with van der Waals surface area (Å²) in [5.41, 5.74) is 5.39. The minimum Gasteiger partial charge on any atom is -0.361 e. The van der Waals surface area contributed by atoms with Crippen molar-refractivity contribution < 1.29 is 14.5 Å². The second kappa shape index (κ2) is 8.83. The molecule has 0 radical (unpaired) electrons. The Morgan fingerprint density at radius 1 is 0.949 bits per heavy atom. The van der Waals surface area contributed by atoms with E-state index in [9.17, 15) is 19.7 Å². The fourth-order valence-corrected chi connectivity index (χ4v) is 6.26. The Bertz CT molecular complexity index is 1790. The summed E-state index contributed by atoms with van der Waals surface area (Å²) in [5.74, 6) is -0.264. The number of hydrogen-bond acceptors (Lipinski definition) is 4. The molecule has 2 atom stereocenters. The molecule has 1 fully saturated rings. The normalized spacial score (nSPS) is 19.0. The molecule has 0 bridgehead atoms. The molecule has 2 N–H and O–H groups in total. The van der Waals surface area contributed by atoms with Gasteiger partial charge in [0.1, 0.15) is 6.04 Å². The first-order valence-electron chi connectivity index (χ1n) is 13.0. The molecule has 2 aliphatic rings. The van der Waals surface area contributed by atoms with Crippen LogP contribution < -0.4 is 0 Å². The maximum Gasteiger partial charge on any atom is 0.269 e. The number of carbonyl (C=O) groups excluding carboxylic acids is 2. The van der Waals surface area contributed by atoms with Gasteiger partial charge < -0.3 is 19.8 Å². The van der Waals surface area contributed by atoms with E-state index in [1.165, 1.54) is 12.1 Å². The smallest absolute Gasteiger partial charge is 0.269 e. The van der Waals surface area contributed by atoms with Crippen molar-refractivity contribution in [1.82, 2.24) is 19.8 Å². The number of nitrogens with zero attached hydrogens (tertiary/aromatic N) is 3. The second-order valence-corrected chi connectivity index (χ2v) is 10.2. The summed E-state index contributed by atoms with van der Waals surface area (Å²) < 4.78 is 0. The van der Waals surface area contributed by atoms with Gasteiger partial charge in [0, 0.05) is 58.8 Å². The lowest BCUT2D eigenvalue weighted by Crippen LogP contribution is -2.63. The number of nitrogens with one attached hydrogen (secondary N) is 2. The van der Waals surface area contributed by atoms with Crippen LogP contribution in [0.2, 0.25) is 0 Å². The van der Waals surface area contributed by atoms with Gasteiger partial charge in [-0.3, -0.25) is 19.7 Å². The molecule has 2 aliphatic heterocycles. The number of piperazine rings is 1. The summed E-state index contributed by atoms with van der Waals surface area (Å²) in [6, 6.07) is 20.9. The zero-order valence-corrected chi connectivity index (χ0v) is 21.0. The van der Waals surface area contributed by atoms with E-state index in [1.54, 1.807) is 21.9 Å². The van der Waals surface area contributed by atoms with Crippen LogP contribution in [-0.4, -0.2) is 55.6 Å². The maximum atomic E-state index is 14.0. The van der Waals surface area contributed by atoms with Gasteiger partial charge in [0.15, 0.2) is 0 Å².